The number of carbonyl (C=O) groups is 2. The van der Waals surface area contributed by atoms with Gasteiger partial charge in [-0.15, -0.1) is 0 Å². The number of halogens is 3. The first-order valence-electron chi connectivity index (χ1n) is 9.31. The molecule has 0 spiro atoms. The number of likely N-dealkylation sites (N-methyl/N-ethyl adjacent to an activating group) is 1. The third-order valence-electron chi connectivity index (χ3n) is 4.99. The van der Waals surface area contributed by atoms with Gasteiger partial charge in [-0.25, -0.2) is 4.79 Å². The van der Waals surface area contributed by atoms with Crippen molar-refractivity contribution < 1.29 is 22.8 Å². The lowest BCUT2D eigenvalue weighted by molar-refractivity contribution is -0.137. The lowest BCUT2D eigenvalue weighted by Gasteiger charge is -2.43. The molecule has 3 amide bonds. The zero-order valence-corrected chi connectivity index (χ0v) is 16.6. The van der Waals surface area contributed by atoms with Gasteiger partial charge >= 0.3 is 12.2 Å². The number of nitrogens with one attached hydrogen (secondary N) is 1. The van der Waals surface area contributed by atoms with Crippen molar-refractivity contribution in [3.8, 4) is 6.07 Å². The van der Waals surface area contributed by atoms with Crippen LogP contribution in [0, 0.1) is 11.3 Å². The number of alkyl halides is 3. The summed E-state index contributed by atoms with van der Waals surface area (Å²) in [5.41, 5.74) is -1.34. The predicted octanol–water partition coefficient (Wildman–Crippen LogP) is 2.28. The maximum Gasteiger partial charge on any atom is 0.417 e. The Balaban J connectivity index is 2.37. The van der Waals surface area contributed by atoms with Crippen LogP contribution < -0.4 is 10.2 Å². The van der Waals surface area contributed by atoms with Crippen LogP contribution in [0.15, 0.2) is 18.2 Å². The quantitative estimate of drug-likeness (QED) is 0.825. The Bertz CT molecular complexity index is 802. The molecule has 1 atom stereocenters. The van der Waals surface area contributed by atoms with Gasteiger partial charge in [-0.3, -0.25) is 4.79 Å². The molecule has 1 aliphatic heterocycles. The first-order valence-corrected chi connectivity index (χ1v) is 9.31. The minimum atomic E-state index is -4.69. The SMILES string of the molecule is CCN(CC)C(=O)N1CCN(c2ccc(C#N)c(C(F)(F)F)c2)C(C(=O)NC)C1. The number of nitrogens with zero attached hydrogens (tertiary/aromatic N) is 4. The number of carbonyl (C=O) groups excluding carboxylic acids is 2. The summed E-state index contributed by atoms with van der Waals surface area (Å²) in [7, 11) is 1.44. The molecule has 1 fully saturated rings. The van der Waals surface area contributed by atoms with Crippen LogP contribution in [0.25, 0.3) is 0 Å². The smallest absolute Gasteiger partial charge is 0.357 e. The Labute approximate surface area is 167 Å². The highest BCUT2D eigenvalue weighted by Crippen LogP contribution is 2.35. The Morgan fingerprint density at radius 1 is 1.28 bits per heavy atom. The van der Waals surface area contributed by atoms with Crippen molar-refractivity contribution in [2.75, 3.05) is 44.7 Å². The van der Waals surface area contributed by atoms with Crippen molar-refractivity contribution >= 4 is 17.6 Å². The van der Waals surface area contributed by atoms with Crippen LogP contribution in [0.1, 0.15) is 25.0 Å². The minimum absolute atomic E-state index is 0.0519. The lowest BCUT2D eigenvalue weighted by atomic mass is 10.0. The van der Waals surface area contributed by atoms with E-state index in [1.807, 2.05) is 13.8 Å². The molecule has 0 saturated carbocycles. The molecule has 0 aliphatic carbocycles. The van der Waals surface area contributed by atoms with E-state index < -0.39 is 29.3 Å². The van der Waals surface area contributed by atoms with E-state index >= 15 is 0 Å². The van der Waals surface area contributed by atoms with Gasteiger partial charge in [-0.2, -0.15) is 18.4 Å². The highest BCUT2D eigenvalue weighted by atomic mass is 19.4. The average molecular weight is 411 g/mol. The second-order valence-electron chi connectivity index (χ2n) is 6.56. The van der Waals surface area contributed by atoms with E-state index in [1.165, 1.54) is 18.0 Å². The van der Waals surface area contributed by atoms with Crippen molar-refractivity contribution in [3.05, 3.63) is 29.3 Å². The molecular formula is C19H24F3N5O2. The molecule has 1 heterocycles. The van der Waals surface area contributed by atoms with E-state index in [2.05, 4.69) is 5.32 Å². The maximum absolute atomic E-state index is 13.3. The number of hydrogen-bond donors (Lipinski definition) is 1. The highest BCUT2D eigenvalue weighted by Gasteiger charge is 2.38. The fraction of sp³-hybridized carbons (Fsp3) is 0.526. The van der Waals surface area contributed by atoms with Crippen molar-refractivity contribution in [3.63, 3.8) is 0 Å². The van der Waals surface area contributed by atoms with E-state index in [0.717, 1.165) is 12.1 Å². The zero-order valence-electron chi connectivity index (χ0n) is 16.6. The number of nitriles is 1. The summed E-state index contributed by atoms with van der Waals surface area (Å²) in [6, 6.07) is 3.88. The third-order valence-corrected chi connectivity index (χ3v) is 4.99. The van der Waals surface area contributed by atoms with Crippen LogP contribution in [0.5, 0.6) is 0 Å². The Morgan fingerprint density at radius 3 is 2.45 bits per heavy atom. The van der Waals surface area contributed by atoms with Crippen molar-refractivity contribution in [2.24, 2.45) is 0 Å². The fourth-order valence-corrected chi connectivity index (χ4v) is 3.39. The van der Waals surface area contributed by atoms with Crippen molar-refractivity contribution in [1.82, 2.24) is 15.1 Å². The number of benzene rings is 1. The molecule has 1 aromatic carbocycles. The second-order valence-corrected chi connectivity index (χ2v) is 6.56. The molecule has 1 aliphatic rings. The number of amides is 3. The van der Waals surface area contributed by atoms with Gasteiger partial charge in [-0.05, 0) is 32.0 Å². The van der Waals surface area contributed by atoms with E-state index in [4.69, 9.17) is 5.26 Å². The van der Waals surface area contributed by atoms with Crippen LogP contribution in [-0.2, 0) is 11.0 Å². The molecule has 7 nitrogen and oxygen atoms in total. The molecule has 2 rings (SSSR count). The van der Waals surface area contributed by atoms with Gasteiger partial charge in [0, 0.05) is 38.9 Å². The topological polar surface area (TPSA) is 79.7 Å². The van der Waals surface area contributed by atoms with Crippen molar-refractivity contribution in [1.29, 1.82) is 5.26 Å². The highest BCUT2D eigenvalue weighted by molar-refractivity contribution is 5.87. The summed E-state index contributed by atoms with van der Waals surface area (Å²) in [6.45, 7) is 5.25. The van der Waals surface area contributed by atoms with Gasteiger partial charge in [0.25, 0.3) is 0 Å². The third kappa shape index (κ3) is 4.72. The van der Waals surface area contributed by atoms with Crippen molar-refractivity contribution in [2.45, 2.75) is 26.1 Å². The Kier molecular flexibility index (Phi) is 6.95. The van der Waals surface area contributed by atoms with E-state index in [-0.39, 0.29) is 31.4 Å². The summed E-state index contributed by atoms with van der Waals surface area (Å²) in [5.74, 6) is -0.403. The molecule has 0 bridgehead atoms. The summed E-state index contributed by atoms with van der Waals surface area (Å²) in [4.78, 5) is 29.8. The molecule has 0 aromatic heterocycles. The molecule has 158 valence electrons. The fourth-order valence-electron chi connectivity index (χ4n) is 3.39. The molecule has 0 radical (unpaired) electrons. The van der Waals surface area contributed by atoms with E-state index in [1.54, 1.807) is 15.9 Å². The number of urea groups is 1. The predicted molar refractivity (Wildman–Crippen MR) is 101 cm³/mol. The van der Waals surface area contributed by atoms with Gasteiger partial charge in [0.05, 0.1) is 23.7 Å². The second kappa shape index (κ2) is 9.03. The van der Waals surface area contributed by atoms with E-state index in [9.17, 15) is 22.8 Å². The molecule has 29 heavy (non-hydrogen) atoms. The molecule has 1 saturated heterocycles. The van der Waals surface area contributed by atoms with Crippen LogP contribution >= 0.6 is 0 Å². The average Bonchev–Trinajstić information content (AvgIpc) is 2.72. The molecule has 10 heteroatoms. The van der Waals surface area contributed by atoms with Gasteiger partial charge in [0.15, 0.2) is 0 Å². The Morgan fingerprint density at radius 2 is 1.93 bits per heavy atom. The van der Waals surface area contributed by atoms with Gasteiger partial charge < -0.3 is 20.0 Å². The van der Waals surface area contributed by atoms with E-state index in [0.29, 0.717) is 13.1 Å². The summed E-state index contributed by atoms with van der Waals surface area (Å²) < 4.78 is 40.0. The van der Waals surface area contributed by atoms with Crippen LogP contribution in [0.3, 0.4) is 0 Å². The summed E-state index contributed by atoms with van der Waals surface area (Å²) in [5, 5.41) is 11.5. The van der Waals surface area contributed by atoms with Gasteiger partial charge in [-0.1, -0.05) is 0 Å². The number of rotatable bonds is 4. The molecule has 1 unspecified atom stereocenters. The Hall–Kier alpha value is -2.96. The molecule has 1 N–H and O–H groups in total. The summed E-state index contributed by atoms with van der Waals surface area (Å²) >= 11 is 0. The van der Waals surface area contributed by atoms with Crippen LogP contribution in [0.4, 0.5) is 23.7 Å². The molecular weight excluding hydrogens is 387 g/mol. The monoisotopic (exact) mass is 411 g/mol. The lowest BCUT2D eigenvalue weighted by Crippen LogP contribution is -2.61. The number of hydrogen-bond acceptors (Lipinski definition) is 4. The maximum atomic E-state index is 13.3. The normalized spacial score (nSPS) is 16.9. The molecule has 1 aromatic rings. The van der Waals surface area contributed by atoms with Crippen LogP contribution in [-0.4, -0.2) is 67.6 Å². The first-order chi connectivity index (χ1) is 13.7. The zero-order chi connectivity index (χ0) is 21.8. The summed E-state index contributed by atoms with van der Waals surface area (Å²) in [6.07, 6.45) is -4.69. The standard InChI is InChI=1S/C19H24F3N5O2/c1-4-25(5-2)18(29)26-8-9-27(16(12-26)17(28)24-3)14-7-6-13(11-23)15(10-14)19(20,21)22/h6-7,10,16H,4-5,8-9,12H2,1-3H3,(H,24,28). The van der Waals surface area contributed by atoms with Gasteiger partial charge in [0.1, 0.15) is 6.04 Å². The van der Waals surface area contributed by atoms with Gasteiger partial charge in [0.2, 0.25) is 5.91 Å². The number of piperazine rings is 1. The largest absolute Gasteiger partial charge is 0.417 e. The first kappa shape index (κ1) is 22.3. The number of anilines is 1. The minimum Gasteiger partial charge on any atom is -0.357 e. The van der Waals surface area contributed by atoms with Crippen LogP contribution in [0.2, 0.25) is 0 Å².